The Morgan fingerprint density at radius 3 is 2.67 bits per heavy atom. The summed E-state index contributed by atoms with van der Waals surface area (Å²) < 4.78 is 1.26. The normalized spacial score (nSPS) is 19.0. The van der Waals surface area contributed by atoms with Gasteiger partial charge in [-0.15, -0.1) is 11.3 Å². The lowest BCUT2D eigenvalue weighted by atomic mass is 10.0. The van der Waals surface area contributed by atoms with E-state index in [9.17, 15) is 0 Å². The maximum atomic E-state index is 6.05. The zero-order valence-electron chi connectivity index (χ0n) is 13.1. The van der Waals surface area contributed by atoms with E-state index in [1.807, 2.05) is 29.5 Å². The zero-order chi connectivity index (χ0) is 16.5. The van der Waals surface area contributed by atoms with E-state index in [2.05, 4.69) is 28.1 Å². The first-order valence-corrected chi connectivity index (χ1v) is 9.68. The lowest BCUT2D eigenvalue weighted by Crippen LogP contribution is -2.32. The number of halogens is 2. The first-order valence-electron chi connectivity index (χ1n) is 8.10. The van der Waals surface area contributed by atoms with Crippen LogP contribution in [-0.2, 0) is 6.54 Å². The van der Waals surface area contributed by atoms with E-state index < -0.39 is 0 Å². The predicted octanol–water partition coefficient (Wildman–Crippen LogP) is 5.73. The third kappa shape index (κ3) is 3.42. The van der Waals surface area contributed by atoms with Gasteiger partial charge in [0, 0.05) is 6.54 Å². The molecule has 3 heterocycles. The summed E-state index contributed by atoms with van der Waals surface area (Å²) in [6, 6.07) is 12.5. The minimum atomic E-state index is 0.363. The number of pyridine rings is 1. The summed E-state index contributed by atoms with van der Waals surface area (Å²) in [5.41, 5.74) is 2.20. The molecule has 1 aliphatic heterocycles. The van der Waals surface area contributed by atoms with E-state index in [-0.39, 0.29) is 0 Å². The monoisotopic (exact) mass is 377 g/mol. The van der Waals surface area contributed by atoms with Gasteiger partial charge in [0.25, 0.3) is 0 Å². The molecule has 0 radical (unpaired) electrons. The summed E-state index contributed by atoms with van der Waals surface area (Å²) in [5, 5.41) is 2.11. The van der Waals surface area contributed by atoms with Crippen molar-refractivity contribution >= 4 is 44.8 Å². The van der Waals surface area contributed by atoms with E-state index in [4.69, 9.17) is 28.2 Å². The summed E-state index contributed by atoms with van der Waals surface area (Å²) in [5.74, 6) is 0. The molecule has 1 aromatic carbocycles. The third-order valence-corrected chi connectivity index (χ3v) is 5.94. The molecule has 0 N–H and O–H groups in total. The second-order valence-electron chi connectivity index (χ2n) is 6.12. The SMILES string of the molecule is Clc1cc(CN2CCCCC2c2nc3ccccc3s2)cc(Cl)n1. The molecular weight excluding hydrogens is 361 g/mol. The Morgan fingerprint density at radius 2 is 1.88 bits per heavy atom. The van der Waals surface area contributed by atoms with Gasteiger partial charge < -0.3 is 0 Å². The molecular formula is C18H17Cl2N3S. The Balaban J connectivity index is 1.62. The van der Waals surface area contributed by atoms with Crippen molar-refractivity contribution in [3.63, 3.8) is 0 Å². The van der Waals surface area contributed by atoms with Gasteiger partial charge in [0.05, 0.1) is 16.3 Å². The number of rotatable bonds is 3. The van der Waals surface area contributed by atoms with Crippen LogP contribution in [-0.4, -0.2) is 21.4 Å². The summed E-state index contributed by atoms with van der Waals surface area (Å²) >= 11 is 13.9. The minimum Gasteiger partial charge on any atom is -0.290 e. The van der Waals surface area contributed by atoms with E-state index in [0.717, 1.165) is 30.6 Å². The average molecular weight is 378 g/mol. The second-order valence-corrected chi connectivity index (χ2v) is 7.96. The highest BCUT2D eigenvalue weighted by Crippen LogP contribution is 2.36. The Bertz CT molecular complexity index is 811. The molecule has 1 aliphatic rings. The minimum absolute atomic E-state index is 0.363. The van der Waals surface area contributed by atoms with Crippen molar-refractivity contribution in [2.75, 3.05) is 6.54 Å². The third-order valence-electron chi connectivity index (χ3n) is 4.42. The maximum absolute atomic E-state index is 6.05. The van der Waals surface area contributed by atoms with E-state index in [0.29, 0.717) is 16.3 Å². The molecule has 1 unspecified atom stereocenters. The van der Waals surface area contributed by atoms with Gasteiger partial charge in [0.2, 0.25) is 0 Å². The van der Waals surface area contributed by atoms with Gasteiger partial charge in [-0.3, -0.25) is 4.90 Å². The number of benzene rings is 1. The quantitative estimate of drug-likeness (QED) is 0.546. The Kier molecular flexibility index (Phi) is 4.72. The van der Waals surface area contributed by atoms with Crippen LogP contribution in [0.15, 0.2) is 36.4 Å². The highest BCUT2D eigenvalue weighted by molar-refractivity contribution is 7.18. The number of aromatic nitrogens is 2. The summed E-state index contributed by atoms with van der Waals surface area (Å²) in [6.45, 7) is 1.89. The molecule has 2 aromatic heterocycles. The van der Waals surface area contributed by atoms with Gasteiger partial charge in [-0.05, 0) is 49.2 Å². The molecule has 6 heteroatoms. The van der Waals surface area contributed by atoms with Gasteiger partial charge in [-0.2, -0.15) is 0 Å². The van der Waals surface area contributed by atoms with Crippen LogP contribution in [0.25, 0.3) is 10.2 Å². The average Bonchev–Trinajstić information content (AvgIpc) is 2.98. The lowest BCUT2D eigenvalue weighted by Gasteiger charge is -2.34. The molecule has 1 fully saturated rings. The number of thiazole rings is 1. The van der Waals surface area contributed by atoms with Crippen molar-refractivity contribution in [3.8, 4) is 0 Å². The van der Waals surface area contributed by atoms with Crippen molar-refractivity contribution in [2.24, 2.45) is 0 Å². The van der Waals surface area contributed by atoms with Crippen LogP contribution >= 0.6 is 34.5 Å². The molecule has 0 spiro atoms. The number of para-hydroxylation sites is 1. The smallest absolute Gasteiger partial charge is 0.131 e. The van der Waals surface area contributed by atoms with Crippen molar-refractivity contribution in [3.05, 3.63) is 57.3 Å². The van der Waals surface area contributed by atoms with Crippen molar-refractivity contribution in [1.29, 1.82) is 0 Å². The molecule has 124 valence electrons. The summed E-state index contributed by atoms with van der Waals surface area (Å²) in [4.78, 5) is 11.4. The van der Waals surface area contributed by atoms with Gasteiger partial charge in [0.1, 0.15) is 15.3 Å². The molecule has 0 amide bonds. The Hall–Kier alpha value is -1.20. The highest BCUT2D eigenvalue weighted by Gasteiger charge is 2.27. The number of nitrogens with zero attached hydrogens (tertiary/aromatic N) is 3. The second kappa shape index (κ2) is 6.96. The van der Waals surface area contributed by atoms with Crippen LogP contribution in [0.4, 0.5) is 0 Å². The van der Waals surface area contributed by atoms with Crippen LogP contribution < -0.4 is 0 Å². The van der Waals surface area contributed by atoms with Gasteiger partial charge >= 0.3 is 0 Å². The molecule has 0 aliphatic carbocycles. The highest BCUT2D eigenvalue weighted by atomic mass is 35.5. The van der Waals surface area contributed by atoms with Gasteiger partial charge in [0.15, 0.2) is 0 Å². The van der Waals surface area contributed by atoms with Crippen LogP contribution in [0, 0.1) is 0 Å². The van der Waals surface area contributed by atoms with E-state index in [1.165, 1.54) is 22.5 Å². The topological polar surface area (TPSA) is 29.0 Å². The van der Waals surface area contributed by atoms with Crippen molar-refractivity contribution in [2.45, 2.75) is 31.8 Å². The number of hydrogen-bond donors (Lipinski definition) is 0. The molecule has 0 bridgehead atoms. The fourth-order valence-corrected chi connectivity index (χ4v) is 4.98. The Morgan fingerprint density at radius 1 is 1.08 bits per heavy atom. The van der Waals surface area contributed by atoms with Gasteiger partial charge in [-0.25, -0.2) is 9.97 Å². The number of likely N-dealkylation sites (tertiary alicyclic amines) is 1. The molecule has 0 saturated carbocycles. The number of hydrogen-bond acceptors (Lipinski definition) is 4. The fourth-order valence-electron chi connectivity index (χ4n) is 3.33. The molecule has 4 rings (SSSR count). The van der Waals surface area contributed by atoms with E-state index >= 15 is 0 Å². The number of fused-ring (bicyclic) bond motifs is 1. The Labute approximate surface area is 155 Å². The molecule has 3 aromatic rings. The first-order chi connectivity index (χ1) is 11.7. The standard InChI is InChI=1S/C18H17Cl2N3S/c19-16-9-12(10-17(20)22-16)11-23-8-4-3-6-14(23)18-21-13-5-1-2-7-15(13)24-18/h1-2,5,7,9-10,14H,3-4,6,8,11H2. The molecule has 1 atom stereocenters. The van der Waals surface area contributed by atoms with E-state index in [1.54, 1.807) is 0 Å². The molecule has 1 saturated heterocycles. The maximum Gasteiger partial charge on any atom is 0.131 e. The molecule has 3 nitrogen and oxygen atoms in total. The van der Waals surface area contributed by atoms with Crippen LogP contribution in [0.5, 0.6) is 0 Å². The lowest BCUT2D eigenvalue weighted by molar-refractivity contribution is 0.140. The van der Waals surface area contributed by atoms with Crippen LogP contribution in [0.2, 0.25) is 10.3 Å². The van der Waals surface area contributed by atoms with Crippen molar-refractivity contribution < 1.29 is 0 Å². The van der Waals surface area contributed by atoms with Crippen LogP contribution in [0.1, 0.15) is 35.9 Å². The fraction of sp³-hybridized carbons (Fsp3) is 0.333. The largest absolute Gasteiger partial charge is 0.290 e. The predicted molar refractivity (Wildman–Crippen MR) is 101 cm³/mol. The first kappa shape index (κ1) is 16.3. The van der Waals surface area contributed by atoms with Crippen LogP contribution in [0.3, 0.4) is 0 Å². The van der Waals surface area contributed by atoms with Gasteiger partial charge in [-0.1, -0.05) is 41.8 Å². The van der Waals surface area contributed by atoms with Crippen molar-refractivity contribution in [1.82, 2.24) is 14.9 Å². The zero-order valence-corrected chi connectivity index (χ0v) is 15.4. The summed E-state index contributed by atoms with van der Waals surface area (Å²) in [7, 11) is 0. The summed E-state index contributed by atoms with van der Waals surface area (Å²) in [6.07, 6.45) is 3.61. The molecule has 24 heavy (non-hydrogen) atoms. The number of piperidine rings is 1.